The first-order valence-corrected chi connectivity index (χ1v) is 6.86. The van der Waals surface area contributed by atoms with E-state index in [-0.39, 0.29) is 11.6 Å². The first-order valence-electron chi connectivity index (χ1n) is 6.86. The summed E-state index contributed by atoms with van der Waals surface area (Å²) in [6.45, 7) is 6.00. The van der Waals surface area contributed by atoms with Crippen molar-refractivity contribution < 1.29 is 0 Å². The highest BCUT2D eigenvalue weighted by Gasteiger charge is 2.12. The molecular weight excluding hydrogens is 266 g/mol. The van der Waals surface area contributed by atoms with Crippen molar-refractivity contribution in [2.75, 3.05) is 5.32 Å². The molecule has 6 heteroatoms. The Morgan fingerprint density at radius 1 is 1.29 bits per heavy atom. The van der Waals surface area contributed by atoms with Crippen molar-refractivity contribution in [3.8, 4) is 0 Å². The number of aromatic amines is 1. The highest BCUT2D eigenvalue weighted by Crippen LogP contribution is 2.19. The molecule has 3 rings (SSSR count). The van der Waals surface area contributed by atoms with E-state index in [1.807, 2.05) is 45.0 Å². The molecule has 0 saturated carbocycles. The molecule has 0 unspecified atom stereocenters. The molecule has 0 aliphatic carbocycles. The second-order valence-corrected chi connectivity index (χ2v) is 5.27. The van der Waals surface area contributed by atoms with Gasteiger partial charge in [0.15, 0.2) is 5.65 Å². The van der Waals surface area contributed by atoms with Gasteiger partial charge in [-0.2, -0.15) is 10.1 Å². The SMILES string of the molecule is Cc1ccccc1Nc1nc2c(cnn2C(C)C)c(=O)[nH]1. The van der Waals surface area contributed by atoms with Gasteiger partial charge >= 0.3 is 0 Å². The van der Waals surface area contributed by atoms with E-state index in [9.17, 15) is 4.79 Å². The highest BCUT2D eigenvalue weighted by atomic mass is 16.1. The van der Waals surface area contributed by atoms with Crippen LogP contribution in [0.2, 0.25) is 0 Å². The number of nitrogens with one attached hydrogen (secondary N) is 2. The van der Waals surface area contributed by atoms with Crippen LogP contribution in [-0.4, -0.2) is 19.7 Å². The van der Waals surface area contributed by atoms with Crippen LogP contribution in [0.1, 0.15) is 25.5 Å². The largest absolute Gasteiger partial charge is 0.325 e. The molecule has 2 N–H and O–H groups in total. The number of para-hydroxylation sites is 1. The number of fused-ring (bicyclic) bond motifs is 1. The summed E-state index contributed by atoms with van der Waals surface area (Å²) < 4.78 is 1.74. The van der Waals surface area contributed by atoms with E-state index in [2.05, 4.69) is 20.4 Å². The summed E-state index contributed by atoms with van der Waals surface area (Å²) in [6.07, 6.45) is 1.55. The van der Waals surface area contributed by atoms with Crippen LogP contribution in [0.25, 0.3) is 11.0 Å². The molecule has 0 aliphatic rings. The fourth-order valence-electron chi connectivity index (χ4n) is 2.21. The molecule has 0 spiro atoms. The number of benzene rings is 1. The summed E-state index contributed by atoms with van der Waals surface area (Å²) in [5.41, 5.74) is 2.39. The van der Waals surface area contributed by atoms with E-state index in [0.717, 1.165) is 11.3 Å². The first kappa shape index (κ1) is 13.4. The second-order valence-electron chi connectivity index (χ2n) is 5.27. The van der Waals surface area contributed by atoms with Crippen molar-refractivity contribution >= 4 is 22.7 Å². The van der Waals surface area contributed by atoms with Crippen molar-refractivity contribution in [1.29, 1.82) is 0 Å². The Kier molecular flexibility index (Phi) is 3.21. The molecule has 108 valence electrons. The minimum absolute atomic E-state index is 0.142. The summed E-state index contributed by atoms with van der Waals surface area (Å²) in [7, 11) is 0. The Bertz CT molecular complexity index is 847. The van der Waals surface area contributed by atoms with Crippen molar-refractivity contribution in [3.05, 3.63) is 46.4 Å². The van der Waals surface area contributed by atoms with Crippen molar-refractivity contribution in [2.45, 2.75) is 26.8 Å². The fraction of sp³-hybridized carbons (Fsp3) is 0.267. The third-order valence-electron chi connectivity index (χ3n) is 3.35. The second kappa shape index (κ2) is 5.05. The Morgan fingerprint density at radius 2 is 2.05 bits per heavy atom. The van der Waals surface area contributed by atoms with Crippen LogP contribution < -0.4 is 10.9 Å². The van der Waals surface area contributed by atoms with Crippen molar-refractivity contribution in [2.24, 2.45) is 0 Å². The Hall–Kier alpha value is -2.63. The van der Waals surface area contributed by atoms with Gasteiger partial charge in [-0.25, -0.2) is 4.68 Å². The average Bonchev–Trinajstić information content (AvgIpc) is 2.86. The number of aromatic nitrogens is 4. The number of hydrogen-bond donors (Lipinski definition) is 2. The normalized spacial score (nSPS) is 11.2. The molecule has 1 aromatic carbocycles. The third-order valence-corrected chi connectivity index (χ3v) is 3.35. The summed E-state index contributed by atoms with van der Waals surface area (Å²) in [4.78, 5) is 19.4. The maximum atomic E-state index is 12.1. The molecule has 6 nitrogen and oxygen atoms in total. The van der Waals surface area contributed by atoms with Gasteiger partial charge in [0.05, 0.1) is 6.20 Å². The van der Waals surface area contributed by atoms with E-state index in [4.69, 9.17) is 0 Å². The molecule has 0 fully saturated rings. The number of H-pyrrole nitrogens is 1. The minimum atomic E-state index is -0.192. The number of aryl methyl sites for hydroxylation is 1. The lowest BCUT2D eigenvalue weighted by molar-refractivity contribution is 0.546. The molecule has 0 amide bonds. The van der Waals surface area contributed by atoms with Crippen LogP contribution in [0, 0.1) is 6.92 Å². The van der Waals surface area contributed by atoms with Crippen LogP contribution in [0.15, 0.2) is 35.3 Å². The van der Waals surface area contributed by atoms with Gasteiger partial charge in [0.2, 0.25) is 5.95 Å². The van der Waals surface area contributed by atoms with E-state index in [1.54, 1.807) is 10.9 Å². The summed E-state index contributed by atoms with van der Waals surface area (Å²) >= 11 is 0. The van der Waals surface area contributed by atoms with Crippen LogP contribution in [0.4, 0.5) is 11.6 Å². The third kappa shape index (κ3) is 2.40. The minimum Gasteiger partial charge on any atom is -0.325 e. The lowest BCUT2D eigenvalue weighted by Crippen LogP contribution is -2.13. The predicted octanol–water partition coefficient (Wildman–Crippen LogP) is 2.75. The van der Waals surface area contributed by atoms with E-state index in [0.29, 0.717) is 17.0 Å². The van der Waals surface area contributed by atoms with Gasteiger partial charge in [0.25, 0.3) is 5.56 Å². The molecule has 2 aromatic heterocycles. The number of rotatable bonds is 3. The van der Waals surface area contributed by atoms with Gasteiger partial charge in [-0.1, -0.05) is 18.2 Å². The van der Waals surface area contributed by atoms with Crippen LogP contribution in [0.5, 0.6) is 0 Å². The number of hydrogen-bond acceptors (Lipinski definition) is 4. The molecule has 0 saturated heterocycles. The van der Waals surface area contributed by atoms with Gasteiger partial charge in [0, 0.05) is 11.7 Å². The topological polar surface area (TPSA) is 75.6 Å². The van der Waals surface area contributed by atoms with Crippen LogP contribution in [0.3, 0.4) is 0 Å². The fourth-order valence-corrected chi connectivity index (χ4v) is 2.21. The van der Waals surface area contributed by atoms with Crippen molar-refractivity contribution in [3.63, 3.8) is 0 Å². The smallest absolute Gasteiger partial charge is 0.263 e. The maximum absolute atomic E-state index is 12.1. The Labute approximate surface area is 121 Å². The highest BCUT2D eigenvalue weighted by molar-refractivity contribution is 5.75. The van der Waals surface area contributed by atoms with Gasteiger partial charge < -0.3 is 5.32 Å². The Morgan fingerprint density at radius 3 is 2.76 bits per heavy atom. The zero-order valence-electron chi connectivity index (χ0n) is 12.2. The summed E-state index contributed by atoms with van der Waals surface area (Å²) in [5, 5.41) is 7.88. The van der Waals surface area contributed by atoms with Crippen LogP contribution >= 0.6 is 0 Å². The van der Waals surface area contributed by atoms with Gasteiger partial charge in [-0.3, -0.25) is 9.78 Å². The van der Waals surface area contributed by atoms with E-state index in [1.165, 1.54) is 0 Å². The van der Waals surface area contributed by atoms with E-state index < -0.39 is 0 Å². The monoisotopic (exact) mass is 283 g/mol. The van der Waals surface area contributed by atoms with Gasteiger partial charge in [-0.05, 0) is 32.4 Å². The molecule has 0 aliphatic heterocycles. The van der Waals surface area contributed by atoms with Gasteiger partial charge in [0.1, 0.15) is 5.39 Å². The average molecular weight is 283 g/mol. The molecule has 3 aromatic rings. The lowest BCUT2D eigenvalue weighted by atomic mass is 10.2. The van der Waals surface area contributed by atoms with Crippen molar-refractivity contribution in [1.82, 2.24) is 19.7 Å². The van der Waals surface area contributed by atoms with Crippen LogP contribution in [-0.2, 0) is 0 Å². The van der Waals surface area contributed by atoms with E-state index >= 15 is 0 Å². The molecule has 0 bridgehead atoms. The molecule has 0 atom stereocenters. The zero-order chi connectivity index (χ0) is 15.0. The van der Waals surface area contributed by atoms with Gasteiger partial charge in [-0.15, -0.1) is 0 Å². The summed E-state index contributed by atoms with van der Waals surface area (Å²) in [5.74, 6) is 0.421. The first-order chi connectivity index (χ1) is 10.1. The molecular formula is C15H17N5O. The lowest BCUT2D eigenvalue weighted by Gasteiger charge is -2.10. The molecule has 21 heavy (non-hydrogen) atoms. The molecule has 0 radical (unpaired) electrons. The Balaban J connectivity index is 2.10. The maximum Gasteiger partial charge on any atom is 0.263 e. The quantitative estimate of drug-likeness (QED) is 0.775. The molecule has 2 heterocycles. The predicted molar refractivity (Wildman–Crippen MR) is 83.0 cm³/mol. The zero-order valence-corrected chi connectivity index (χ0v) is 12.2. The number of anilines is 2. The standard InChI is InChI=1S/C15H17N5O/c1-9(2)20-13-11(8-16-20)14(21)19-15(18-13)17-12-7-5-4-6-10(12)3/h4-9H,1-3H3,(H2,17,18,19,21). The number of nitrogens with zero attached hydrogens (tertiary/aromatic N) is 3. The summed E-state index contributed by atoms with van der Waals surface area (Å²) in [6, 6.07) is 7.98.